The van der Waals surface area contributed by atoms with Crippen molar-refractivity contribution in [2.45, 2.75) is 13.8 Å². The van der Waals surface area contributed by atoms with Crippen molar-refractivity contribution < 1.29 is 18.7 Å². The molecule has 0 saturated heterocycles. The quantitative estimate of drug-likeness (QED) is 0.642. The summed E-state index contributed by atoms with van der Waals surface area (Å²) in [5.41, 5.74) is 0. The van der Waals surface area contributed by atoms with E-state index in [1.54, 1.807) is 12.1 Å². The van der Waals surface area contributed by atoms with Crippen molar-refractivity contribution in [2.24, 2.45) is 5.92 Å². The van der Waals surface area contributed by atoms with Crippen LogP contribution in [0.25, 0.3) is 6.08 Å². The van der Waals surface area contributed by atoms with Crippen LogP contribution in [0.4, 0.5) is 0 Å². The van der Waals surface area contributed by atoms with Gasteiger partial charge in [0.25, 0.3) is 5.91 Å². The Hall–Kier alpha value is -1.56. The number of furan rings is 1. The molecular weight excluding hydrogens is 314 g/mol. The lowest BCUT2D eigenvalue weighted by Crippen LogP contribution is -2.31. The smallest absolute Gasteiger partial charge is 0.331 e. The minimum absolute atomic E-state index is 0.280. The third kappa shape index (κ3) is 6.81. The van der Waals surface area contributed by atoms with Gasteiger partial charge in [0.2, 0.25) is 0 Å². The molecule has 0 aromatic carbocycles. The zero-order valence-electron chi connectivity index (χ0n) is 10.8. The summed E-state index contributed by atoms with van der Waals surface area (Å²) >= 11 is 3.15. The molecule has 19 heavy (non-hydrogen) atoms. The number of hydrogen-bond acceptors (Lipinski definition) is 4. The highest BCUT2D eigenvalue weighted by Gasteiger charge is 2.05. The van der Waals surface area contributed by atoms with Crippen LogP contribution in [0.2, 0.25) is 0 Å². The standard InChI is InChI=1S/C13H16BrNO4/c1-9(2)7-15-12(16)8-18-13(17)6-4-10-3-5-11(14)19-10/h3-6,9H,7-8H2,1-2H3,(H,15,16). The van der Waals surface area contributed by atoms with Crippen LogP contribution < -0.4 is 5.32 Å². The van der Waals surface area contributed by atoms with Gasteiger partial charge in [-0.15, -0.1) is 0 Å². The third-order valence-electron chi connectivity index (χ3n) is 2.03. The van der Waals surface area contributed by atoms with Crippen LogP contribution in [-0.4, -0.2) is 25.0 Å². The number of ether oxygens (including phenoxy) is 1. The van der Waals surface area contributed by atoms with Crippen molar-refractivity contribution in [1.82, 2.24) is 5.32 Å². The SMILES string of the molecule is CC(C)CNC(=O)COC(=O)C=Cc1ccc(Br)o1. The number of hydrogen-bond donors (Lipinski definition) is 1. The predicted molar refractivity (Wildman–Crippen MR) is 74.2 cm³/mol. The first-order valence-electron chi connectivity index (χ1n) is 5.84. The van der Waals surface area contributed by atoms with Crippen LogP contribution in [-0.2, 0) is 14.3 Å². The van der Waals surface area contributed by atoms with Crippen LogP contribution in [0.3, 0.4) is 0 Å². The molecule has 1 rings (SSSR count). The van der Waals surface area contributed by atoms with Gasteiger partial charge in [-0.3, -0.25) is 4.79 Å². The van der Waals surface area contributed by atoms with E-state index in [9.17, 15) is 9.59 Å². The summed E-state index contributed by atoms with van der Waals surface area (Å²) in [6, 6.07) is 3.41. The number of esters is 1. The Labute approximate surface area is 120 Å². The molecule has 0 saturated carbocycles. The fourth-order valence-electron chi connectivity index (χ4n) is 1.12. The van der Waals surface area contributed by atoms with E-state index in [2.05, 4.69) is 21.2 Å². The molecule has 1 heterocycles. The van der Waals surface area contributed by atoms with E-state index in [0.717, 1.165) is 0 Å². The molecule has 6 heteroatoms. The van der Waals surface area contributed by atoms with E-state index in [4.69, 9.17) is 9.15 Å². The highest BCUT2D eigenvalue weighted by molar-refractivity contribution is 9.10. The maximum atomic E-state index is 11.3. The summed E-state index contributed by atoms with van der Waals surface area (Å²) in [6.07, 6.45) is 2.68. The molecule has 0 unspecified atom stereocenters. The van der Waals surface area contributed by atoms with E-state index >= 15 is 0 Å². The molecule has 1 aromatic heterocycles. The van der Waals surface area contributed by atoms with E-state index in [-0.39, 0.29) is 12.5 Å². The first kappa shape index (κ1) is 15.5. The molecular formula is C13H16BrNO4. The minimum Gasteiger partial charge on any atom is -0.452 e. The van der Waals surface area contributed by atoms with Gasteiger partial charge < -0.3 is 14.5 Å². The summed E-state index contributed by atoms with van der Waals surface area (Å²) < 4.78 is 10.5. The van der Waals surface area contributed by atoms with Crippen LogP contribution >= 0.6 is 15.9 Å². The maximum absolute atomic E-state index is 11.3. The number of amides is 1. The van der Waals surface area contributed by atoms with E-state index in [1.165, 1.54) is 12.2 Å². The van der Waals surface area contributed by atoms with Crippen LogP contribution in [0.1, 0.15) is 19.6 Å². The Balaban J connectivity index is 2.28. The molecule has 1 N–H and O–H groups in total. The van der Waals surface area contributed by atoms with Crippen molar-refractivity contribution in [3.05, 3.63) is 28.6 Å². The number of rotatable bonds is 6. The Morgan fingerprint density at radius 1 is 1.47 bits per heavy atom. The van der Waals surface area contributed by atoms with Gasteiger partial charge in [0, 0.05) is 12.6 Å². The second-order valence-electron chi connectivity index (χ2n) is 4.28. The number of carbonyl (C=O) groups is 2. The molecule has 0 aliphatic carbocycles. The van der Waals surface area contributed by atoms with Gasteiger partial charge in [0.15, 0.2) is 11.3 Å². The fraction of sp³-hybridized carbons (Fsp3) is 0.385. The van der Waals surface area contributed by atoms with Gasteiger partial charge >= 0.3 is 5.97 Å². The second kappa shape index (κ2) is 7.78. The molecule has 104 valence electrons. The zero-order valence-corrected chi connectivity index (χ0v) is 12.4. The van der Waals surface area contributed by atoms with Crippen LogP contribution in [0.15, 0.2) is 27.3 Å². The summed E-state index contributed by atoms with van der Waals surface area (Å²) in [5, 5.41) is 2.65. The molecule has 1 aromatic rings. The van der Waals surface area contributed by atoms with Crippen molar-refractivity contribution >= 4 is 33.9 Å². The molecule has 1 amide bonds. The van der Waals surface area contributed by atoms with Gasteiger partial charge in [-0.1, -0.05) is 13.8 Å². The van der Waals surface area contributed by atoms with Gasteiger partial charge in [-0.25, -0.2) is 4.79 Å². The van der Waals surface area contributed by atoms with Crippen molar-refractivity contribution in [3.63, 3.8) is 0 Å². The molecule has 0 radical (unpaired) electrons. The summed E-state index contributed by atoms with van der Waals surface area (Å²) in [7, 11) is 0. The number of carbonyl (C=O) groups excluding carboxylic acids is 2. The summed E-state index contributed by atoms with van der Waals surface area (Å²) in [4.78, 5) is 22.6. The predicted octanol–water partition coefficient (Wildman–Crippen LogP) is 2.37. The van der Waals surface area contributed by atoms with Gasteiger partial charge in [-0.05, 0) is 40.1 Å². The van der Waals surface area contributed by atoms with Crippen molar-refractivity contribution in [1.29, 1.82) is 0 Å². The Morgan fingerprint density at radius 3 is 2.79 bits per heavy atom. The van der Waals surface area contributed by atoms with Gasteiger partial charge in [0.1, 0.15) is 5.76 Å². The highest BCUT2D eigenvalue weighted by Crippen LogP contribution is 2.14. The maximum Gasteiger partial charge on any atom is 0.331 e. The topological polar surface area (TPSA) is 68.5 Å². The van der Waals surface area contributed by atoms with Gasteiger partial charge in [0.05, 0.1) is 0 Å². The first-order valence-corrected chi connectivity index (χ1v) is 6.63. The van der Waals surface area contributed by atoms with E-state index in [1.807, 2.05) is 13.8 Å². The Morgan fingerprint density at radius 2 is 2.21 bits per heavy atom. The molecule has 0 aliphatic rings. The lowest BCUT2D eigenvalue weighted by Gasteiger charge is -2.07. The number of halogens is 1. The number of nitrogens with one attached hydrogen (secondary N) is 1. The molecule has 0 atom stereocenters. The average Bonchev–Trinajstić information content (AvgIpc) is 2.77. The fourth-order valence-corrected chi connectivity index (χ4v) is 1.44. The Bertz CT molecular complexity index is 465. The second-order valence-corrected chi connectivity index (χ2v) is 5.06. The first-order chi connectivity index (χ1) is 8.97. The molecule has 0 spiro atoms. The normalized spacial score (nSPS) is 10.9. The van der Waals surface area contributed by atoms with Crippen LogP contribution in [0.5, 0.6) is 0 Å². The molecule has 0 fully saturated rings. The van der Waals surface area contributed by atoms with Crippen molar-refractivity contribution in [3.8, 4) is 0 Å². The molecule has 5 nitrogen and oxygen atoms in total. The largest absolute Gasteiger partial charge is 0.452 e. The lowest BCUT2D eigenvalue weighted by atomic mass is 10.2. The highest BCUT2D eigenvalue weighted by atomic mass is 79.9. The monoisotopic (exact) mass is 329 g/mol. The molecule has 0 bridgehead atoms. The lowest BCUT2D eigenvalue weighted by molar-refractivity contribution is -0.143. The van der Waals surface area contributed by atoms with Gasteiger partial charge in [-0.2, -0.15) is 0 Å². The molecule has 0 aliphatic heterocycles. The summed E-state index contributed by atoms with van der Waals surface area (Å²) in [5.74, 6) is -0.0200. The van der Waals surface area contributed by atoms with Crippen molar-refractivity contribution in [2.75, 3.05) is 13.2 Å². The third-order valence-corrected chi connectivity index (χ3v) is 2.46. The average molecular weight is 330 g/mol. The zero-order chi connectivity index (χ0) is 14.3. The summed E-state index contributed by atoms with van der Waals surface area (Å²) in [6.45, 7) is 4.25. The van der Waals surface area contributed by atoms with E-state index in [0.29, 0.717) is 22.9 Å². The Kier molecular flexibility index (Phi) is 6.35. The van der Waals surface area contributed by atoms with Crippen LogP contribution in [0, 0.1) is 5.92 Å². The minimum atomic E-state index is -0.591. The van der Waals surface area contributed by atoms with E-state index < -0.39 is 5.97 Å².